The topological polar surface area (TPSA) is 73.3 Å². The van der Waals surface area contributed by atoms with Crippen LogP contribution in [0.2, 0.25) is 0 Å². The lowest BCUT2D eigenvalue weighted by molar-refractivity contribution is 0.405. The number of aromatic hydroxyl groups is 2. The number of hydrogen-bond acceptors (Lipinski definition) is 3. The molecule has 1 aromatic heterocycles. The fourth-order valence-corrected chi connectivity index (χ4v) is 1.54. The van der Waals surface area contributed by atoms with Crippen LogP contribution in [0.3, 0.4) is 0 Å². The highest BCUT2D eigenvalue weighted by Crippen LogP contribution is 2.28. The zero-order chi connectivity index (χ0) is 11.2. The Labute approximate surface area is 85.8 Å². The van der Waals surface area contributed by atoms with Crippen LogP contribution in [0.5, 0.6) is 11.5 Å². The molecular weight excluding hydrogens is 194 g/mol. The Morgan fingerprint density at radius 3 is 2.40 bits per heavy atom. The Morgan fingerprint density at radius 2 is 1.73 bits per heavy atom. The van der Waals surface area contributed by atoms with Crippen LogP contribution in [0.4, 0.5) is 0 Å². The standard InChI is InChI=1S/C11H11NO3/c1-5-6(2)12-8-4-10(14)9(13)3-7(8)11(5)15/h3-4,13-14H,1-2H3,(H,12,15). The third kappa shape index (κ3) is 1.34. The Balaban J connectivity index is 3.00. The van der Waals surface area contributed by atoms with Gasteiger partial charge in [0.05, 0.1) is 5.52 Å². The van der Waals surface area contributed by atoms with Gasteiger partial charge in [0, 0.05) is 22.7 Å². The smallest absolute Gasteiger partial charge is 0.192 e. The Bertz CT molecular complexity index is 594. The summed E-state index contributed by atoms with van der Waals surface area (Å²) in [5, 5.41) is 19.0. The predicted molar refractivity (Wildman–Crippen MR) is 57.4 cm³/mol. The quantitative estimate of drug-likeness (QED) is 0.571. The molecule has 0 aliphatic carbocycles. The van der Waals surface area contributed by atoms with Crippen molar-refractivity contribution in [3.63, 3.8) is 0 Å². The fourth-order valence-electron chi connectivity index (χ4n) is 1.54. The molecule has 0 aliphatic rings. The van der Waals surface area contributed by atoms with Gasteiger partial charge < -0.3 is 15.2 Å². The molecule has 0 spiro atoms. The van der Waals surface area contributed by atoms with Gasteiger partial charge in [0.25, 0.3) is 0 Å². The van der Waals surface area contributed by atoms with Crippen LogP contribution in [0.15, 0.2) is 16.9 Å². The highest BCUT2D eigenvalue weighted by Gasteiger charge is 2.08. The summed E-state index contributed by atoms with van der Waals surface area (Å²) < 4.78 is 0. The van der Waals surface area contributed by atoms with Crippen molar-refractivity contribution in [3.8, 4) is 11.5 Å². The molecule has 0 saturated carbocycles. The van der Waals surface area contributed by atoms with Crippen LogP contribution in [-0.4, -0.2) is 15.2 Å². The van der Waals surface area contributed by atoms with Crippen LogP contribution in [0.25, 0.3) is 10.9 Å². The summed E-state index contributed by atoms with van der Waals surface area (Å²) >= 11 is 0. The van der Waals surface area contributed by atoms with Crippen molar-refractivity contribution in [1.29, 1.82) is 0 Å². The number of fused-ring (bicyclic) bond motifs is 1. The number of aryl methyl sites for hydroxylation is 1. The SMILES string of the molecule is Cc1[nH]c2cc(O)c(O)cc2c(=O)c1C. The van der Waals surface area contributed by atoms with E-state index in [0.29, 0.717) is 16.5 Å². The van der Waals surface area contributed by atoms with Gasteiger partial charge in [-0.1, -0.05) is 0 Å². The molecule has 2 rings (SSSR count). The average Bonchev–Trinajstić information content (AvgIpc) is 2.19. The first kappa shape index (κ1) is 9.58. The van der Waals surface area contributed by atoms with Crippen molar-refractivity contribution in [2.75, 3.05) is 0 Å². The minimum absolute atomic E-state index is 0.128. The van der Waals surface area contributed by atoms with E-state index in [1.807, 2.05) is 0 Å². The maximum atomic E-state index is 11.8. The summed E-state index contributed by atoms with van der Waals surface area (Å²) in [7, 11) is 0. The highest BCUT2D eigenvalue weighted by molar-refractivity contribution is 5.83. The van der Waals surface area contributed by atoms with E-state index in [1.54, 1.807) is 13.8 Å². The number of H-pyrrole nitrogens is 1. The van der Waals surface area contributed by atoms with Gasteiger partial charge in [-0.05, 0) is 19.9 Å². The third-order valence-corrected chi connectivity index (χ3v) is 2.58. The monoisotopic (exact) mass is 205 g/mol. The van der Waals surface area contributed by atoms with E-state index >= 15 is 0 Å². The van der Waals surface area contributed by atoms with Gasteiger partial charge in [0.2, 0.25) is 0 Å². The van der Waals surface area contributed by atoms with Gasteiger partial charge >= 0.3 is 0 Å². The van der Waals surface area contributed by atoms with Crippen molar-refractivity contribution in [2.24, 2.45) is 0 Å². The molecule has 0 unspecified atom stereocenters. The lowest BCUT2D eigenvalue weighted by Gasteiger charge is -2.05. The molecule has 0 aliphatic heterocycles. The lowest BCUT2D eigenvalue weighted by Crippen LogP contribution is -2.09. The van der Waals surface area contributed by atoms with Crippen LogP contribution in [-0.2, 0) is 0 Å². The summed E-state index contributed by atoms with van der Waals surface area (Å²) in [5.41, 5.74) is 1.78. The number of aromatic nitrogens is 1. The Morgan fingerprint density at radius 1 is 1.13 bits per heavy atom. The fraction of sp³-hybridized carbons (Fsp3) is 0.182. The number of phenols is 2. The predicted octanol–water partition coefficient (Wildman–Crippen LogP) is 1.56. The first-order chi connectivity index (χ1) is 7.00. The number of rotatable bonds is 0. The molecule has 0 atom stereocenters. The summed E-state index contributed by atoms with van der Waals surface area (Å²) in [6.07, 6.45) is 0. The van der Waals surface area contributed by atoms with Gasteiger partial charge in [-0.25, -0.2) is 0 Å². The maximum absolute atomic E-state index is 11.8. The second-order valence-electron chi connectivity index (χ2n) is 3.59. The normalized spacial score (nSPS) is 10.8. The molecule has 0 fully saturated rings. The van der Waals surface area contributed by atoms with E-state index in [9.17, 15) is 15.0 Å². The van der Waals surface area contributed by atoms with Gasteiger partial charge in [-0.2, -0.15) is 0 Å². The minimum Gasteiger partial charge on any atom is -0.504 e. The van der Waals surface area contributed by atoms with E-state index in [4.69, 9.17) is 0 Å². The molecule has 15 heavy (non-hydrogen) atoms. The number of nitrogens with one attached hydrogen (secondary N) is 1. The summed E-state index contributed by atoms with van der Waals surface area (Å²) in [4.78, 5) is 14.8. The average molecular weight is 205 g/mol. The molecule has 4 nitrogen and oxygen atoms in total. The van der Waals surface area contributed by atoms with E-state index in [-0.39, 0.29) is 16.9 Å². The van der Waals surface area contributed by atoms with E-state index in [2.05, 4.69) is 4.98 Å². The lowest BCUT2D eigenvalue weighted by atomic mass is 10.1. The van der Waals surface area contributed by atoms with Crippen molar-refractivity contribution in [3.05, 3.63) is 33.6 Å². The molecule has 3 N–H and O–H groups in total. The molecule has 0 radical (unpaired) electrons. The van der Waals surface area contributed by atoms with Gasteiger partial charge in [-0.3, -0.25) is 4.79 Å². The Hall–Kier alpha value is -1.97. The molecule has 78 valence electrons. The second kappa shape index (κ2) is 3.02. The number of hydrogen-bond donors (Lipinski definition) is 3. The van der Waals surface area contributed by atoms with Gasteiger partial charge in [0.15, 0.2) is 16.9 Å². The zero-order valence-electron chi connectivity index (χ0n) is 8.46. The molecule has 1 heterocycles. The van der Waals surface area contributed by atoms with E-state index in [0.717, 1.165) is 5.69 Å². The molecule has 1 aromatic carbocycles. The Kier molecular flexibility index (Phi) is 1.93. The number of aromatic amines is 1. The number of pyridine rings is 1. The van der Waals surface area contributed by atoms with Gasteiger partial charge in [0.1, 0.15) is 0 Å². The van der Waals surface area contributed by atoms with Crippen molar-refractivity contribution in [2.45, 2.75) is 13.8 Å². The maximum Gasteiger partial charge on any atom is 0.192 e. The first-order valence-electron chi connectivity index (χ1n) is 4.56. The largest absolute Gasteiger partial charge is 0.504 e. The van der Waals surface area contributed by atoms with Gasteiger partial charge in [-0.15, -0.1) is 0 Å². The summed E-state index contributed by atoms with van der Waals surface area (Å²) in [5.74, 6) is -0.516. The molecule has 0 amide bonds. The molecule has 4 heteroatoms. The molecule has 0 bridgehead atoms. The first-order valence-corrected chi connectivity index (χ1v) is 4.56. The summed E-state index contributed by atoms with van der Waals surface area (Å²) in [6, 6.07) is 2.62. The van der Waals surface area contributed by atoms with E-state index in [1.165, 1.54) is 12.1 Å². The van der Waals surface area contributed by atoms with Crippen molar-refractivity contribution >= 4 is 10.9 Å². The van der Waals surface area contributed by atoms with Crippen LogP contribution in [0.1, 0.15) is 11.3 Å². The molecule has 0 saturated heterocycles. The van der Waals surface area contributed by atoms with Crippen LogP contribution in [0, 0.1) is 13.8 Å². The molecular formula is C11H11NO3. The molecule has 2 aromatic rings. The highest BCUT2D eigenvalue weighted by atomic mass is 16.3. The number of phenolic OH excluding ortho intramolecular Hbond substituents is 2. The van der Waals surface area contributed by atoms with Crippen molar-refractivity contribution < 1.29 is 10.2 Å². The second-order valence-corrected chi connectivity index (χ2v) is 3.59. The van der Waals surface area contributed by atoms with Crippen LogP contribution < -0.4 is 5.43 Å². The third-order valence-electron chi connectivity index (χ3n) is 2.58. The number of benzene rings is 1. The zero-order valence-corrected chi connectivity index (χ0v) is 8.46. The van der Waals surface area contributed by atoms with Crippen molar-refractivity contribution in [1.82, 2.24) is 4.98 Å². The summed E-state index contributed by atoms with van der Waals surface area (Å²) in [6.45, 7) is 3.51. The van der Waals surface area contributed by atoms with Crippen LogP contribution >= 0.6 is 0 Å². The minimum atomic E-state index is -0.281. The van der Waals surface area contributed by atoms with E-state index < -0.39 is 0 Å².